The SMILES string of the molecule is C=C(C)CCOC(=O)/C=C/C(=O)OCCCC(C)C. The van der Waals surface area contributed by atoms with Crippen LogP contribution >= 0.6 is 0 Å². The Hall–Kier alpha value is -1.58. The first-order chi connectivity index (χ1) is 8.91. The van der Waals surface area contributed by atoms with E-state index >= 15 is 0 Å². The molecule has 0 spiro atoms. The van der Waals surface area contributed by atoms with Crippen LogP contribution in [0.5, 0.6) is 0 Å². The summed E-state index contributed by atoms with van der Waals surface area (Å²) >= 11 is 0. The molecule has 0 aromatic rings. The van der Waals surface area contributed by atoms with Crippen LogP contribution in [0.2, 0.25) is 0 Å². The molecule has 4 nitrogen and oxygen atoms in total. The van der Waals surface area contributed by atoms with Crippen LogP contribution in [0.1, 0.15) is 40.0 Å². The lowest BCUT2D eigenvalue weighted by molar-refractivity contribution is -0.140. The molecule has 0 saturated heterocycles. The van der Waals surface area contributed by atoms with E-state index in [1.54, 1.807) is 0 Å². The highest BCUT2D eigenvalue weighted by atomic mass is 16.5. The van der Waals surface area contributed by atoms with E-state index in [0.29, 0.717) is 18.9 Å². The van der Waals surface area contributed by atoms with Gasteiger partial charge >= 0.3 is 11.9 Å². The van der Waals surface area contributed by atoms with Crippen molar-refractivity contribution in [1.82, 2.24) is 0 Å². The maximum Gasteiger partial charge on any atom is 0.331 e. The second-order valence-electron chi connectivity index (χ2n) is 4.91. The molecule has 0 bridgehead atoms. The summed E-state index contributed by atoms with van der Waals surface area (Å²) in [7, 11) is 0. The van der Waals surface area contributed by atoms with Gasteiger partial charge in [-0.15, -0.1) is 6.58 Å². The molecular formula is C15H24O4. The predicted octanol–water partition coefficient (Wildman–Crippen LogP) is 3.03. The van der Waals surface area contributed by atoms with Gasteiger partial charge in [0.15, 0.2) is 0 Å². The molecule has 0 aromatic carbocycles. The monoisotopic (exact) mass is 268 g/mol. The zero-order chi connectivity index (χ0) is 14.7. The Morgan fingerprint density at radius 1 is 1.11 bits per heavy atom. The van der Waals surface area contributed by atoms with E-state index in [2.05, 4.69) is 20.4 Å². The highest BCUT2D eigenvalue weighted by Crippen LogP contribution is 2.03. The minimum atomic E-state index is -0.541. The fraction of sp³-hybridized carbons (Fsp3) is 0.600. The molecule has 4 heteroatoms. The highest BCUT2D eigenvalue weighted by Gasteiger charge is 2.01. The van der Waals surface area contributed by atoms with Gasteiger partial charge < -0.3 is 9.47 Å². The maximum absolute atomic E-state index is 11.2. The van der Waals surface area contributed by atoms with Gasteiger partial charge in [-0.3, -0.25) is 0 Å². The molecule has 0 atom stereocenters. The standard InChI is InChI=1S/C15H24O4/c1-12(2)6-5-10-18-14(16)7-8-15(17)19-11-9-13(3)4/h7-8,12H,3,5-6,9-11H2,1-2,4H3/b8-7+. The number of hydrogen-bond acceptors (Lipinski definition) is 4. The average molecular weight is 268 g/mol. The molecule has 0 N–H and O–H groups in total. The summed E-state index contributed by atoms with van der Waals surface area (Å²) in [6, 6.07) is 0. The molecule has 0 amide bonds. The van der Waals surface area contributed by atoms with Crippen LogP contribution in [-0.4, -0.2) is 25.2 Å². The number of ether oxygens (including phenoxy) is 2. The molecule has 0 aliphatic rings. The lowest BCUT2D eigenvalue weighted by Gasteiger charge is -2.04. The Labute approximate surface area is 115 Å². The molecule has 0 aromatic heterocycles. The van der Waals surface area contributed by atoms with Crippen molar-refractivity contribution in [3.05, 3.63) is 24.3 Å². The van der Waals surface area contributed by atoms with Crippen molar-refractivity contribution in [2.45, 2.75) is 40.0 Å². The molecule has 108 valence electrons. The van der Waals surface area contributed by atoms with Crippen molar-refractivity contribution in [2.75, 3.05) is 13.2 Å². The largest absolute Gasteiger partial charge is 0.463 e. The minimum absolute atomic E-state index is 0.280. The number of hydrogen-bond donors (Lipinski definition) is 0. The lowest BCUT2D eigenvalue weighted by Crippen LogP contribution is -2.06. The average Bonchev–Trinajstić information content (AvgIpc) is 2.31. The van der Waals surface area contributed by atoms with Gasteiger partial charge in [0.25, 0.3) is 0 Å². The van der Waals surface area contributed by atoms with E-state index in [-0.39, 0.29) is 6.61 Å². The summed E-state index contributed by atoms with van der Waals surface area (Å²) < 4.78 is 9.80. The maximum atomic E-state index is 11.2. The van der Waals surface area contributed by atoms with Crippen molar-refractivity contribution in [3.8, 4) is 0 Å². The quantitative estimate of drug-likeness (QED) is 0.279. The van der Waals surface area contributed by atoms with Crippen LogP contribution < -0.4 is 0 Å². The predicted molar refractivity (Wildman–Crippen MR) is 74.6 cm³/mol. The Balaban J connectivity index is 3.70. The van der Waals surface area contributed by atoms with Gasteiger partial charge in [-0.05, 0) is 25.7 Å². The first kappa shape index (κ1) is 17.4. The third-order valence-electron chi connectivity index (χ3n) is 2.30. The minimum Gasteiger partial charge on any atom is -0.463 e. The van der Waals surface area contributed by atoms with Crippen LogP contribution in [-0.2, 0) is 19.1 Å². The molecule has 0 aliphatic carbocycles. The first-order valence-corrected chi connectivity index (χ1v) is 6.57. The van der Waals surface area contributed by atoms with Gasteiger partial charge in [0.2, 0.25) is 0 Å². The van der Waals surface area contributed by atoms with Crippen molar-refractivity contribution in [2.24, 2.45) is 5.92 Å². The zero-order valence-electron chi connectivity index (χ0n) is 12.1. The van der Waals surface area contributed by atoms with Crippen LogP contribution in [0.15, 0.2) is 24.3 Å². The fourth-order valence-corrected chi connectivity index (χ4v) is 1.22. The summed E-state index contributed by atoms with van der Waals surface area (Å²) in [6.07, 6.45) is 4.65. The van der Waals surface area contributed by atoms with Gasteiger partial charge in [-0.2, -0.15) is 0 Å². The van der Waals surface area contributed by atoms with E-state index in [1.165, 1.54) is 0 Å². The van der Waals surface area contributed by atoms with Crippen LogP contribution in [0, 0.1) is 5.92 Å². The Kier molecular flexibility index (Phi) is 9.49. The summed E-state index contributed by atoms with van der Waals surface area (Å²) in [4.78, 5) is 22.4. The lowest BCUT2D eigenvalue weighted by atomic mass is 10.1. The molecule has 0 radical (unpaired) electrons. The molecule has 0 unspecified atom stereocenters. The second kappa shape index (κ2) is 10.4. The zero-order valence-corrected chi connectivity index (χ0v) is 12.1. The summed E-state index contributed by atoms with van der Waals surface area (Å²) in [5.74, 6) is -0.460. The van der Waals surface area contributed by atoms with E-state index in [1.807, 2.05) is 6.92 Å². The second-order valence-corrected chi connectivity index (χ2v) is 4.91. The third-order valence-corrected chi connectivity index (χ3v) is 2.30. The van der Waals surface area contributed by atoms with E-state index in [4.69, 9.17) is 9.47 Å². The van der Waals surface area contributed by atoms with Gasteiger partial charge in [0.05, 0.1) is 13.2 Å². The summed E-state index contributed by atoms with van der Waals surface area (Å²) in [5.41, 5.74) is 0.946. The molecule has 0 saturated carbocycles. The number of esters is 2. The smallest absolute Gasteiger partial charge is 0.331 e. The molecule has 19 heavy (non-hydrogen) atoms. The van der Waals surface area contributed by atoms with Gasteiger partial charge in [-0.25, -0.2) is 9.59 Å². The topological polar surface area (TPSA) is 52.6 Å². The van der Waals surface area contributed by atoms with Gasteiger partial charge in [-0.1, -0.05) is 19.4 Å². The van der Waals surface area contributed by atoms with Crippen molar-refractivity contribution < 1.29 is 19.1 Å². The summed E-state index contributed by atoms with van der Waals surface area (Å²) in [5, 5.41) is 0. The van der Waals surface area contributed by atoms with Crippen LogP contribution in [0.4, 0.5) is 0 Å². The van der Waals surface area contributed by atoms with Crippen molar-refractivity contribution in [1.29, 1.82) is 0 Å². The molecule has 0 heterocycles. The van der Waals surface area contributed by atoms with E-state index < -0.39 is 11.9 Å². The molecule has 0 fully saturated rings. The van der Waals surface area contributed by atoms with Gasteiger partial charge in [0, 0.05) is 18.6 Å². The highest BCUT2D eigenvalue weighted by molar-refractivity contribution is 5.91. The van der Waals surface area contributed by atoms with E-state index in [9.17, 15) is 9.59 Å². The fourth-order valence-electron chi connectivity index (χ4n) is 1.22. The van der Waals surface area contributed by atoms with Crippen molar-refractivity contribution >= 4 is 11.9 Å². The Bertz CT molecular complexity index is 329. The Morgan fingerprint density at radius 2 is 1.63 bits per heavy atom. The summed E-state index contributed by atoms with van der Waals surface area (Å²) in [6.45, 7) is 10.4. The number of carbonyl (C=O) groups is 2. The van der Waals surface area contributed by atoms with Crippen LogP contribution in [0.25, 0.3) is 0 Å². The molecular weight excluding hydrogens is 244 g/mol. The van der Waals surface area contributed by atoms with Crippen LogP contribution in [0.3, 0.4) is 0 Å². The molecule has 0 rings (SSSR count). The Morgan fingerprint density at radius 3 is 2.11 bits per heavy atom. The molecule has 0 aliphatic heterocycles. The van der Waals surface area contributed by atoms with Gasteiger partial charge in [0.1, 0.15) is 0 Å². The normalized spacial score (nSPS) is 10.7. The van der Waals surface area contributed by atoms with E-state index in [0.717, 1.165) is 30.6 Å². The number of carbonyl (C=O) groups excluding carboxylic acids is 2. The number of rotatable bonds is 9. The third kappa shape index (κ3) is 12.7. The van der Waals surface area contributed by atoms with Crippen molar-refractivity contribution in [3.63, 3.8) is 0 Å². The first-order valence-electron chi connectivity index (χ1n) is 6.57.